The molecule has 2 aliphatic rings. The van der Waals surface area contributed by atoms with Crippen LogP contribution in [0.5, 0.6) is 5.75 Å². The summed E-state index contributed by atoms with van der Waals surface area (Å²) in [4.78, 5) is 32.5. The Labute approximate surface area is 183 Å². The Hall–Kier alpha value is -3.12. The fourth-order valence-corrected chi connectivity index (χ4v) is 4.36. The van der Waals surface area contributed by atoms with E-state index in [1.165, 1.54) is 10.5 Å². The first-order valence-electron chi connectivity index (χ1n) is 10.8. The van der Waals surface area contributed by atoms with Crippen molar-refractivity contribution in [2.45, 2.75) is 26.4 Å². The van der Waals surface area contributed by atoms with Gasteiger partial charge in [-0.15, -0.1) is 0 Å². The van der Waals surface area contributed by atoms with Gasteiger partial charge in [0, 0.05) is 44.3 Å². The van der Waals surface area contributed by atoms with Crippen molar-refractivity contribution in [3.05, 3.63) is 71.4 Å². The summed E-state index contributed by atoms with van der Waals surface area (Å²) in [5, 5.41) is 0. The lowest BCUT2D eigenvalue weighted by Crippen LogP contribution is -2.47. The minimum absolute atomic E-state index is 0.207. The SMILES string of the molecule is COc1ccccc1C1=C(N2CCN(Cc3ccccc3)CC2)C(=O)N(C(C)C)C1=O. The number of benzene rings is 2. The van der Waals surface area contributed by atoms with E-state index in [9.17, 15) is 9.59 Å². The number of nitrogens with zero attached hydrogens (tertiary/aromatic N) is 3. The molecule has 31 heavy (non-hydrogen) atoms. The summed E-state index contributed by atoms with van der Waals surface area (Å²) in [6.45, 7) is 7.70. The molecule has 2 aromatic rings. The van der Waals surface area contributed by atoms with Gasteiger partial charge in [-0.3, -0.25) is 19.4 Å². The van der Waals surface area contributed by atoms with Gasteiger partial charge in [0.1, 0.15) is 11.4 Å². The maximum atomic E-state index is 13.4. The van der Waals surface area contributed by atoms with Crippen LogP contribution >= 0.6 is 0 Å². The van der Waals surface area contributed by atoms with E-state index in [2.05, 4.69) is 34.1 Å². The predicted octanol–water partition coefficient (Wildman–Crippen LogP) is 3.00. The van der Waals surface area contributed by atoms with Gasteiger partial charge in [-0.2, -0.15) is 0 Å². The number of piperazine rings is 1. The van der Waals surface area contributed by atoms with E-state index in [4.69, 9.17) is 4.74 Å². The zero-order chi connectivity index (χ0) is 22.0. The van der Waals surface area contributed by atoms with Gasteiger partial charge in [0.25, 0.3) is 11.8 Å². The third-order valence-corrected chi connectivity index (χ3v) is 5.92. The maximum absolute atomic E-state index is 13.4. The first-order chi connectivity index (χ1) is 15.0. The molecule has 6 nitrogen and oxygen atoms in total. The summed E-state index contributed by atoms with van der Waals surface area (Å²) >= 11 is 0. The van der Waals surface area contributed by atoms with Gasteiger partial charge in [-0.25, -0.2) is 0 Å². The van der Waals surface area contributed by atoms with E-state index < -0.39 is 0 Å². The van der Waals surface area contributed by atoms with Gasteiger partial charge in [-0.1, -0.05) is 48.5 Å². The lowest BCUT2D eigenvalue weighted by molar-refractivity contribution is -0.139. The predicted molar refractivity (Wildman–Crippen MR) is 120 cm³/mol. The van der Waals surface area contributed by atoms with Crippen LogP contribution in [0.25, 0.3) is 5.57 Å². The van der Waals surface area contributed by atoms with Gasteiger partial charge in [0.2, 0.25) is 0 Å². The van der Waals surface area contributed by atoms with E-state index in [1.54, 1.807) is 7.11 Å². The number of imide groups is 1. The van der Waals surface area contributed by atoms with E-state index in [-0.39, 0.29) is 17.9 Å². The molecule has 1 fully saturated rings. The highest BCUT2D eigenvalue weighted by Crippen LogP contribution is 2.37. The van der Waals surface area contributed by atoms with Crippen LogP contribution in [0.3, 0.4) is 0 Å². The highest BCUT2D eigenvalue weighted by atomic mass is 16.5. The summed E-state index contributed by atoms with van der Waals surface area (Å²) in [6.07, 6.45) is 0. The Kier molecular flexibility index (Phi) is 6.09. The number of para-hydroxylation sites is 1. The Morgan fingerprint density at radius 1 is 0.871 bits per heavy atom. The average Bonchev–Trinajstić information content (AvgIpc) is 3.05. The second kappa shape index (κ2) is 8.94. The molecule has 0 atom stereocenters. The monoisotopic (exact) mass is 419 g/mol. The van der Waals surface area contributed by atoms with E-state index in [0.29, 0.717) is 35.7 Å². The minimum atomic E-state index is -0.244. The summed E-state index contributed by atoms with van der Waals surface area (Å²) in [5.41, 5.74) is 2.91. The largest absolute Gasteiger partial charge is 0.496 e. The molecule has 0 aliphatic carbocycles. The molecule has 6 heteroatoms. The van der Waals surface area contributed by atoms with Crippen molar-refractivity contribution in [3.8, 4) is 5.75 Å². The molecule has 0 saturated carbocycles. The molecule has 162 valence electrons. The standard InChI is InChI=1S/C25H29N3O3/c1-18(2)28-24(29)22(20-11-7-8-12-21(20)31-3)23(25(28)30)27-15-13-26(14-16-27)17-19-9-5-4-6-10-19/h4-12,18H,13-17H2,1-3H3. The molecule has 0 N–H and O–H groups in total. The first kappa shape index (κ1) is 21.1. The van der Waals surface area contributed by atoms with Crippen LogP contribution < -0.4 is 4.74 Å². The van der Waals surface area contributed by atoms with Crippen molar-refractivity contribution in [1.82, 2.24) is 14.7 Å². The maximum Gasteiger partial charge on any atom is 0.278 e. The number of hydrogen-bond acceptors (Lipinski definition) is 5. The van der Waals surface area contributed by atoms with Gasteiger partial charge in [0.05, 0.1) is 12.7 Å². The molecular formula is C25H29N3O3. The lowest BCUT2D eigenvalue weighted by Gasteiger charge is -2.36. The van der Waals surface area contributed by atoms with Gasteiger partial charge in [-0.05, 0) is 25.5 Å². The fraction of sp³-hybridized carbons (Fsp3) is 0.360. The van der Waals surface area contributed by atoms with Crippen LogP contribution in [-0.2, 0) is 16.1 Å². The Bertz CT molecular complexity index is 992. The third-order valence-electron chi connectivity index (χ3n) is 5.92. The molecule has 0 aromatic heterocycles. The van der Waals surface area contributed by atoms with Crippen molar-refractivity contribution in [3.63, 3.8) is 0 Å². The molecule has 0 bridgehead atoms. The molecule has 0 spiro atoms. The van der Waals surface area contributed by atoms with E-state index in [0.717, 1.165) is 19.6 Å². The topological polar surface area (TPSA) is 53.1 Å². The number of rotatable bonds is 6. The molecule has 2 amide bonds. The van der Waals surface area contributed by atoms with Crippen LogP contribution in [0, 0.1) is 0 Å². The number of carbonyl (C=O) groups excluding carboxylic acids is 2. The molecule has 2 heterocycles. The second-order valence-electron chi connectivity index (χ2n) is 8.25. The van der Waals surface area contributed by atoms with Crippen LogP contribution in [-0.4, -0.2) is 65.8 Å². The number of carbonyl (C=O) groups is 2. The number of methoxy groups -OCH3 is 1. The van der Waals surface area contributed by atoms with E-state index in [1.807, 2.05) is 44.2 Å². The van der Waals surface area contributed by atoms with Crippen molar-refractivity contribution < 1.29 is 14.3 Å². The van der Waals surface area contributed by atoms with E-state index >= 15 is 0 Å². The van der Waals surface area contributed by atoms with Crippen molar-refractivity contribution in [1.29, 1.82) is 0 Å². The summed E-state index contributed by atoms with van der Waals surface area (Å²) in [7, 11) is 1.59. The normalized spacial score (nSPS) is 17.8. The molecule has 4 rings (SSSR count). The highest BCUT2D eigenvalue weighted by Gasteiger charge is 2.44. The minimum Gasteiger partial charge on any atom is -0.496 e. The van der Waals surface area contributed by atoms with Crippen molar-refractivity contribution >= 4 is 17.4 Å². The molecule has 0 radical (unpaired) electrons. The molecule has 2 aliphatic heterocycles. The van der Waals surface area contributed by atoms with Crippen LogP contribution in [0.15, 0.2) is 60.3 Å². The average molecular weight is 420 g/mol. The van der Waals surface area contributed by atoms with Gasteiger partial charge < -0.3 is 9.64 Å². The quantitative estimate of drug-likeness (QED) is 0.674. The molecule has 0 unspecified atom stereocenters. The third kappa shape index (κ3) is 4.08. The fourth-order valence-electron chi connectivity index (χ4n) is 4.36. The zero-order valence-corrected chi connectivity index (χ0v) is 18.4. The summed E-state index contributed by atoms with van der Waals surface area (Å²) in [5.74, 6) is 0.146. The smallest absolute Gasteiger partial charge is 0.278 e. The lowest BCUT2D eigenvalue weighted by atomic mass is 10.0. The summed E-state index contributed by atoms with van der Waals surface area (Å²) < 4.78 is 5.51. The van der Waals surface area contributed by atoms with Crippen molar-refractivity contribution in [2.75, 3.05) is 33.3 Å². The van der Waals surface area contributed by atoms with Crippen LogP contribution in [0.1, 0.15) is 25.0 Å². The number of hydrogen-bond donors (Lipinski definition) is 0. The number of ether oxygens (including phenoxy) is 1. The van der Waals surface area contributed by atoms with Gasteiger partial charge in [0.15, 0.2) is 0 Å². The van der Waals surface area contributed by atoms with Crippen molar-refractivity contribution in [2.24, 2.45) is 0 Å². The second-order valence-corrected chi connectivity index (χ2v) is 8.25. The van der Waals surface area contributed by atoms with Gasteiger partial charge >= 0.3 is 0 Å². The molecule has 1 saturated heterocycles. The zero-order valence-electron chi connectivity index (χ0n) is 18.4. The number of amides is 2. The Balaban J connectivity index is 1.63. The molecular weight excluding hydrogens is 390 g/mol. The first-order valence-corrected chi connectivity index (χ1v) is 10.8. The Morgan fingerprint density at radius 3 is 2.16 bits per heavy atom. The highest BCUT2D eigenvalue weighted by molar-refractivity contribution is 6.36. The Morgan fingerprint density at radius 2 is 1.52 bits per heavy atom. The van der Waals surface area contributed by atoms with Crippen LogP contribution in [0.2, 0.25) is 0 Å². The molecule has 2 aromatic carbocycles. The summed E-state index contributed by atoms with van der Waals surface area (Å²) in [6, 6.07) is 17.6. The van der Waals surface area contributed by atoms with Crippen LogP contribution in [0.4, 0.5) is 0 Å².